The molecule has 0 aromatic heterocycles. The number of unbranched alkanes of at least 4 members (excludes halogenated alkanes) is 27. The average Bonchev–Trinajstić information content (AvgIpc) is 3.47. The third-order valence-electron chi connectivity index (χ3n) is 14.1. The van der Waals surface area contributed by atoms with Gasteiger partial charge < -0.3 is 14.2 Å². The van der Waals surface area contributed by atoms with Crippen molar-refractivity contribution in [1.82, 2.24) is 0 Å². The number of hydrogen-bond donors (Lipinski definition) is 0. The first-order valence-corrected chi connectivity index (χ1v) is 33.7. The quantitative estimate of drug-likeness (QED) is 0.0261. The maximum absolute atomic E-state index is 12.9. The molecule has 0 aliphatic heterocycles. The minimum absolute atomic E-state index is 0.110. The second-order valence-electron chi connectivity index (χ2n) is 22.0. The number of carbonyl (C=O) groups is 3. The Morgan fingerprint density at radius 3 is 0.778 bits per heavy atom. The first kappa shape index (κ1) is 76.5. The molecule has 0 heterocycles. The molecule has 0 saturated carbocycles. The van der Waals surface area contributed by atoms with Gasteiger partial charge in [-0.3, -0.25) is 14.4 Å². The smallest absolute Gasteiger partial charge is 0.306 e. The zero-order valence-corrected chi connectivity index (χ0v) is 52.8. The van der Waals surface area contributed by atoms with Gasteiger partial charge in [0, 0.05) is 19.3 Å². The van der Waals surface area contributed by atoms with Crippen LogP contribution in [0.5, 0.6) is 0 Å². The summed E-state index contributed by atoms with van der Waals surface area (Å²) in [4.78, 5) is 38.3. The lowest BCUT2D eigenvalue weighted by atomic mass is 10.0. The molecule has 0 fully saturated rings. The van der Waals surface area contributed by atoms with Crippen LogP contribution in [0, 0.1) is 0 Å². The Balaban J connectivity index is 4.24. The van der Waals surface area contributed by atoms with Crippen LogP contribution >= 0.6 is 0 Å². The number of hydrogen-bond acceptors (Lipinski definition) is 6. The Labute approximate surface area is 500 Å². The highest BCUT2D eigenvalue weighted by atomic mass is 16.6. The van der Waals surface area contributed by atoms with Crippen molar-refractivity contribution in [2.24, 2.45) is 0 Å². The first-order valence-electron chi connectivity index (χ1n) is 33.7. The third kappa shape index (κ3) is 66.2. The highest BCUT2D eigenvalue weighted by molar-refractivity contribution is 5.71. The highest BCUT2D eigenvalue weighted by Gasteiger charge is 2.19. The normalized spacial score (nSPS) is 13.0. The Bertz CT molecular complexity index is 1720. The van der Waals surface area contributed by atoms with Gasteiger partial charge in [-0.1, -0.05) is 283 Å². The molecular formula is C75H124O6. The minimum Gasteiger partial charge on any atom is -0.462 e. The fourth-order valence-electron chi connectivity index (χ4n) is 9.14. The van der Waals surface area contributed by atoms with Gasteiger partial charge >= 0.3 is 17.9 Å². The Morgan fingerprint density at radius 2 is 0.481 bits per heavy atom. The second-order valence-corrected chi connectivity index (χ2v) is 22.0. The van der Waals surface area contributed by atoms with Crippen molar-refractivity contribution in [3.05, 3.63) is 134 Å². The fourth-order valence-corrected chi connectivity index (χ4v) is 9.14. The van der Waals surface area contributed by atoms with Gasteiger partial charge in [-0.25, -0.2) is 0 Å². The van der Waals surface area contributed by atoms with Crippen LogP contribution in [0.15, 0.2) is 134 Å². The van der Waals surface area contributed by atoms with Crippen molar-refractivity contribution < 1.29 is 28.6 Å². The lowest BCUT2D eigenvalue weighted by Crippen LogP contribution is -2.30. The van der Waals surface area contributed by atoms with Crippen LogP contribution in [0.2, 0.25) is 0 Å². The predicted octanol–water partition coefficient (Wildman–Crippen LogP) is 23.3. The van der Waals surface area contributed by atoms with Crippen LogP contribution in [-0.4, -0.2) is 37.2 Å². The van der Waals surface area contributed by atoms with Gasteiger partial charge in [0.05, 0.1) is 0 Å². The predicted molar refractivity (Wildman–Crippen MR) is 353 cm³/mol. The molecule has 1 atom stereocenters. The molecule has 0 amide bonds. The lowest BCUT2D eigenvalue weighted by molar-refractivity contribution is -0.167. The van der Waals surface area contributed by atoms with E-state index in [9.17, 15) is 14.4 Å². The zero-order valence-electron chi connectivity index (χ0n) is 52.8. The summed E-state index contributed by atoms with van der Waals surface area (Å²) in [5, 5.41) is 0. The lowest BCUT2D eigenvalue weighted by Gasteiger charge is -2.18. The SMILES string of the molecule is CC/C=C\C/C=C\C/C=C\C/C=C\CCCCC(=O)OCC(COC(=O)CCCCCCCCCCCCCCCCCCCC/C=C\C/C=C\C/C=C\CCCCCCC)OC(=O)CCCC/C=C\C/C=C\C/C=C\C/C=C\CC. The molecule has 6 heteroatoms. The third-order valence-corrected chi connectivity index (χ3v) is 14.1. The summed E-state index contributed by atoms with van der Waals surface area (Å²) in [6.45, 7) is 6.34. The molecule has 0 bridgehead atoms. The Morgan fingerprint density at radius 1 is 0.259 bits per heavy atom. The molecule has 0 aromatic carbocycles. The molecule has 0 saturated heterocycles. The van der Waals surface area contributed by atoms with Crippen LogP contribution in [0.4, 0.5) is 0 Å². The second kappa shape index (κ2) is 68.1. The molecule has 81 heavy (non-hydrogen) atoms. The van der Waals surface area contributed by atoms with Crippen molar-refractivity contribution >= 4 is 17.9 Å². The standard InChI is InChI=1S/C75H124O6/c1-4-7-10-13-16-19-22-25-28-29-30-31-32-33-34-35-36-37-38-39-40-41-42-43-44-45-48-50-53-56-59-62-65-68-74(77)80-71-72(81-75(78)69-66-63-60-57-54-51-47-27-24-21-18-15-12-9-6-3)70-79-73(76)67-64-61-58-55-52-49-46-26-23-20-17-14-11-8-5-2/h8-9,11-12,17-18,20-22,25-27,29-30,32-33,46-47,52,54-55,57,72H,4-7,10,13-16,19,23-24,28,31,34-45,48-51,53,56,58-71H2,1-3H3/b11-8-,12-9-,20-17-,21-18-,25-22-,30-29-,33-32-,46-26-,47-27-,55-52-,57-54-. The number of esters is 3. The number of ether oxygens (including phenoxy) is 3. The summed E-state index contributed by atoms with van der Waals surface area (Å²) >= 11 is 0. The topological polar surface area (TPSA) is 78.9 Å². The van der Waals surface area contributed by atoms with Gasteiger partial charge in [0.2, 0.25) is 0 Å². The first-order chi connectivity index (χ1) is 40.0. The monoisotopic (exact) mass is 1120 g/mol. The minimum atomic E-state index is -0.821. The van der Waals surface area contributed by atoms with Crippen LogP contribution in [0.1, 0.15) is 303 Å². The molecule has 0 spiro atoms. The van der Waals surface area contributed by atoms with E-state index in [0.29, 0.717) is 25.7 Å². The molecule has 0 aliphatic rings. The van der Waals surface area contributed by atoms with Crippen LogP contribution < -0.4 is 0 Å². The van der Waals surface area contributed by atoms with E-state index in [2.05, 4.69) is 154 Å². The summed E-state index contributed by atoms with van der Waals surface area (Å²) in [6.07, 6.45) is 96.4. The van der Waals surface area contributed by atoms with E-state index in [4.69, 9.17) is 14.2 Å². The average molecular weight is 1120 g/mol. The Hall–Kier alpha value is -4.45. The van der Waals surface area contributed by atoms with Gasteiger partial charge in [0.25, 0.3) is 0 Å². The number of carbonyl (C=O) groups excluding carboxylic acids is 3. The van der Waals surface area contributed by atoms with Crippen molar-refractivity contribution in [2.75, 3.05) is 13.2 Å². The van der Waals surface area contributed by atoms with Gasteiger partial charge in [-0.05, 0) is 135 Å². The van der Waals surface area contributed by atoms with Gasteiger partial charge in [-0.2, -0.15) is 0 Å². The van der Waals surface area contributed by atoms with E-state index in [1.165, 1.54) is 141 Å². The summed E-state index contributed by atoms with van der Waals surface area (Å²) in [6, 6.07) is 0. The van der Waals surface area contributed by atoms with E-state index < -0.39 is 6.10 Å². The summed E-state index contributed by atoms with van der Waals surface area (Å²) < 4.78 is 16.8. The molecule has 0 aliphatic carbocycles. The van der Waals surface area contributed by atoms with Gasteiger partial charge in [-0.15, -0.1) is 0 Å². The summed E-state index contributed by atoms with van der Waals surface area (Å²) in [5.74, 6) is -0.992. The molecule has 0 N–H and O–H groups in total. The summed E-state index contributed by atoms with van der Waals surface area (Å²) in [5.41, 5.74) is 0. The van der Waals surface area contributed by atoms with Crippen LogP contribution in [0.25, 0.3) is 0 Å². The van der Waals surface area contributed by atoms with Crippen molar-refractivity contribution in [3.8, 4) is 0 Å². The van der Waals surface area contributed by atoms with E-state index in [1.807, 2.05) is 0 Å². The van der Waals surface area contributed by atoms with E-state index >= 15 is 0 Å². The van der Waals surface area contributed by atoms with Crippen molar-refractivity contribution in [1.29, 1.82) is 0 Å². The molecule has 0 rings (SSSR count). The maximum atomic E-state index is 12.9. The molecular weight excluding hydrogens is 997 g/mol. The Kier molecular flexibility index (Phi) is 64.3. The van der Waals surface area contributed by atoms with Gasteiger partial charge in [0.1, 0.15) is 13.2 Å². The fraction of sp³-hybridized carbons (Fsp3) is 0.667. The number of rotatable bonds is 60. The molecule has 460 valence electrons. The largest absolute Gasteiger partial charge is 0.462 e. The van der Waals surface area contributed by atoms with E-state index in [-0.39, 0.29) is 37.5 Å². The zero-order chi connectivity index (χ0) is 58.5. The van der Waals surface area contributed by atoms with Crippen LogP contribution in [-0.2, 0) is 28.6 Å². The van der Waals surface area contributed by atoms with Crippen molar-refractivity contribution in [3.63, 3.8) is 0 Å². The molecule has 1 unspecified atom stereocenters. The number of allylic oxidation sites excluding steroid dienone is 22. The molecule has 0 radical (unpaired) electrons. The van der Waals surface area contributed by atoms with E-state index in [1.54, 1.807) is 0 Å². The van der Waals surface area contributed by atoms with Gasteiger partial charge in [0.15, 0.2) is 6.10 Å². The molecule has 6 nitrogen and oxygen atoms in total. The molecule has 0 aromatic rings. The summed E-state index contributed by atoms with van der Waals surface area (Å²) in [7, 11) is 0. The maximum Gasteiger partial charge on any atom is 0.306 e. The van der Waals surface area contributed by atoms with Crippen molar-refractivity contribution in [2.45, 2.75) is 309 Å². The highest BCUT2D eigenvalue weighted by Crippen LogP contribution is 2.16. The van der Waals surface area contributed by atoms with Crippen LogP contribution in [0.3, 0.4) is 0 Å². The van der Waals surface area contributed by atoms with E-state index in [0.717, 1.165) is 109 Å².